The Morgan fingerprint density at radius 1 is 1.08 bits per heavy atom. The van der Waals surface area contributed by atoms with Crippen molar-refractivity contribution in [1.29, 1.82) is 0 Å². The van der Waals surface area contributed by atoms with Gasteiger partial charge in [0, 0.05) is 60.8 Å². The Bertz CT molecular complexity index is 1120. The number of carbonyl (C=O) groups excluding carboxylic acids is 1. The van der Waals surface area contributed by atoms with Crippen LogP contribution < -0.4 is 10.5 Å². The molecule has 1 spiro atoms. The molecule has 1 aromatic carbocycles. The second-order valence-electron chi connectivity index (χ2n) is 11.1. The highest BCUT2D eigenvalue weighted by Crippen LogP contribution is 2.43. The maximum atomic E-state index is 10.8. The fraction of sp³-hybridized carbons (Fsp3) is 0.515. The molecule has 2 saturated heterocycles. The number of fused-ring (bicyclic) bond motifs is 1. The molecular weight excluding hydrogens is 484 g/mol. The predicted octanol–water partition coefficient (Wildman–Crippen LogP) is 5.96. The lowest BCUT2D eigenvalue weighted by molar-refractivity contribution is -0.104. The van der Waals surface area contributed by atoms with Gasteiger partial charge in [0.05, 0.1) is 0 Å². The van der Waals surface area contributed by atoms with Crippen molar-refractivity contribution in [3.63, 3.8) is 0 Å². The zero-order valence-corrected chi connectivity index (χ0v) is 24.7. The number of nitrogens with two attached hydrogens (primary N) is 1. The predicted molar refractivity (Wildman–Crippen MR) is 162 cm³/mol. The number of aromatic nitrogens is 1. The standard InChI is InChI=1S/C30H37N3O2.C2H6.CH5N/c1-23(26-9-14-31-21-24(26)7-5-19-34)33-17-12-30(13-18-33)10-15-32(16-11-30)22-25-6-4-8-28-27(25)20-29(2,3)35-28;2*1-2/h4-9,14,19,21H,1,10-13,15-18,20,22H2,2-3H3;1-2H3;2H2,1H3/b7-5+;;. The van der Waals surface area contributed by atoms with Crippen LogP contribution in [-0.4, -0.2) is 59.9 Å². The van der Waals surface area contributed by atoms with E-state index < -0.39 is 0 Å². The normalized spacial score (nSPS) is 19.3. The Hall–Kier alpha value is -2.96. The highest BCUT2D eigenvalue weighted by atomic mass is 16.5. The smallest absolute Gasteiger partial charge is 0.142 e. The first-order valence-electron chi connectivity index (χ1n) is 14.5. The van der Waals surface area contributed by atoms with Gasteiger partial charge in [-0.15, -0.1) is 0 Å². The van der Waals surface area contributed by atoms with Crippen molar-refractivity contribution in [3.8, 4) is 5.75 Å². The maximum Gasteiger partial charge on any atom is 0.142 e. The van der Waals surface area contributed by atoms with Gasteiger partial charge in [0.25, 0.3) is 0 Å². The van der Waals surface area contributed by atoms with Crippen molar-refractivity contribution in [3.05, 3.63) is 71.6 Å². The molecule has 0 unspecified atom stereocenters. The third kappa shape index (κ3) is 7.37. The molecule has 5 rings (SSSR count). The molecular formula is C33H48N4O2. The zero-order valence-electron chi connectivity index (χ0n) is 24.7. The van der Waals surface area contributed by atoms with E-state index in [1.54, 1.807) is 12.4 Å². The first kappa shape index (κ1) is 30.6. The average Bonchev–Trinajstić information content (AvgIpc) is 3.30. The summed E-state index contributed by atoms with van der Waals surface area (Å²) in [6, 6.07) is 8.55. The minimum atomic E-state index is -0.0931. The number of likely N-dealkylation sites (tertiary alicyclic amines) is 2. The van der Waals surface area contributed by atoms with Crippen LogP contribution in [-0.2, 0) is 17.8 Å². The molecule has 2 N–H and O–H groups in total. The van der Waals surface area contributed by atoms with E-state index in [1.165, 1.54) is 63.0 Å². The number of ether oxygens (including phenoxy) is 1. The summed E-state index contributed by atoms with van der Waals surface area (Å²) in [5.41, 5.74) is 10.7. The Morgan fingerprint density at radius 3 is 2.41 bits per heavy atom. The number of pyridine rings is 1. The number of carbonyl (C=O) groups is 1. The number of hydrogen-bond acceptors (Lipinski definition) is 6. The molecule has 2 fully saturated rings. The van der Waals surface area contributed by atoms with E-state index in [0.717, 1.165) is 54.9 Å². The van der Waals surface area contributed by atoms with E-state index in [0.29, 0.717) is 5.41 Å². The van der Waals surface area contributed by atoms with Crippen molar-refractivity contribution < 1.29 is 9.53 Å². The molecule has 39 heavy (non-hydrogen) atoms. The second-order valence-corrected chi connectivity index (χ2v) is 11.1. The number of benzene rings is 1. The maximum absolute atomic E-state index is 10.8. The van der Waals surface area contributed by atoms with Gasteiger partial charge in [-0.05, 0) is 94.9 Å². The van der Waals surface area contributed by atoms with Crippen LogP contribution in [0.1, 0.15) is 75.6 Å². The molecule has 1 aromatic heterocycles. The lowest BCUT2D eigenvalue weighted by atomic mass is 9.71. The van der Waals surface area contributed by atoms with Gasteiger partial charge in [0.1, 0.15) is 17.6 Å². The minimum absolute atomic E-state index is 0.0931. The third-order valence-electron chi connectivity index (χ3n) is 8.25. The van der Waals surface area contributed by atoms with Crippen LogP contribution in [0.4, 0.5) is 0 Å². The van der Waals surface area contributed by atoms with Gasteiger partial charge >= 0.3 is 0 Å². The van der Waals surface area contributed by atoms with Gasteiger partial charge in [0.15, 0.2) is 0 Å². The van der Waals surface area contributed by atoms with Crippen LogP contribution in [0.25, 0.3) is 11.8 Å². The highest BCUT2D eigenvalue weighted by Gasteiger charge is 2.38. The van der Waals surface area contributed by atoms with Gasteiger partial charge in [-0.1, -0.05) is 32.6 Å². The molecule has 212 valence electrons. The van der Waals surface area contributed by atoms with Crippen molar-refractivity contribution in [2.75, 3.05) is 33.2 Å². The summed E-state index contributed by atoms with van der Waals surface area (Å²) < 4.78 is 6.15. The number of allylic oxidation sites excluding steroid dienone is 1. The van der Waals surface area contributed by atoms with E-state index in [-0.39, 0.29) is 5.60 Å². The number of aldehydes is 1. The van der Waals surface area contributed by atoms with Gasteiger partial charge in [-0.3, -0.25) is 14.7 Å². The van der Waals surface area contributed by atoms with E-state index in [9.17, 15) is 4.79 Å². The Kier molecular flexibility index (Phi) is 10.9. The highest BCUT2D eigenvalue weighted by molar-refractivity contribution is 5.78. The van der Waals surface area contributed by atoms with Crippen LogP contribution >= 0.6 is 0 Å². The summed E-state index contributed by atoms with van der Waals surface area (Å²) in [6.45, 7) is 18.2. The molecule has 0 radical (unpaired) electrons. The van der Waals surface area contributed by atoms with E-state index in [1.807, 2.05) is 26.0 Å². The average molecular weight is 533 g/mol. The Morgan fingerprint density at radius 2 is 1.74 bits per heavy atom. The fourth-order valence-electron chi connectivity index (χ4n) is 6.11. The van der Waals surface area contributed by atoms with Crippen LogP contribution in [0.15, 0.2) is 49.3 Å². The van der Waals surface area contributed by atoms with Crippen molar-refractivity contribution in [2.45, 2.75) is 71.9 Å². The summed E-state index contributed by atoms with van der Waals surface area (Å²) in [4.78, 5) is 20.1. The van der Waals surface area contributed by atoms with Gasteiger partial charge in [-0.2, -0.15) is 0 Å². The van der Waals surface area contributed by atoms with Gasteiger partial charge in [0.2, 0.25) is 0 Å². The topological polar surface area (TPSA) is 71.7 Å². The summed E-state index contributed by atoms with van der Waals surface area (Å²) in [6.07, 6.45) is 13.7. The van der Waals surface area contributed by atoms with Crippen molar-refractivity contribution >= 4 is 18.1 Å². The third-order valence-corrected chi connectivity index (χ3v) is 8.25. The number of nitrogens with zero attached hydrogens (tertiary/aromatic N) is 3. The van der Waals surface area contributed by atoms with Crippen molar-refractivity contribution in [2.24, 2.45) is 11.1 Å². The molecule has 0 bridgehead atoms. The first-order chi connectivity index (χ1) is 18.9. The number of hydrogen-bond donors (Lipinski definition) is 1. The molecule has 3 aliphatic rings. The zero-order chi connectivity index (χ0) is 28.5. The number of piperidine rings is 2. The minimum Gasteiger partial charge on any atom is -0.487 e. The summed E-state index contributed by atoms with van der Waals surface area (Å²) >= 11 is 0. The molecule has 2 aromatic rings. The second kappa shape index (κ2) is 13.9. The van der Waals surface area contributed by atoms with E-state index in [4.69, 9.17) is 4.74 Å². The Balaban J connectivity index is 0.00000100. The van der Waals surface area contributed by atoms with Gasteiger partial charge in [-0.25, -0.2) is 0 Å². The molecule has 0 amide bonds. The molecule has 0 saturated carbocycles. The summed E-state index contributed by atoms with van der Waals surface area (Å²) in [7, 11) is 1.50. The molecule has 6 heteroatoms. The van der Waals surface area contributed by atoms with Crippen LogP contribution in [0.5, 0.6) is 5.75 Å². The quantitative estimate of drug-likeness (QED) is 0.366. The number of rotatable bonds is 6. The van der Waals surface area contributed by atoms with Gasteiger partial charge < -0.3 is 15.4 Å². The van der Waals surface area contributed by atoms with Crippen molar-refractivity contribution in [1.82, 2.24) is 14.8 Å². The monoisotopic (exact) mass is 532 g/mol. The van der Waals surface area contributed by atoms with Crippen LogP contribution in [0.2, 0.25) is 0 Å². The lowest BCUT2D eigenvalue weighted by Gasteiger charge is -2.48. The summed E-state index contributed by atoms with van der Waals surface area (Å²) in [5.74, 6) is 1.08. The molecule has 0 aliphatic carbocycles. The van der Waals surface area contributed by atoms with E-state index >= 15 is 0 Å². The molecule has 0 atom stereocenters. The first-order valence-corrected chi connectivity index (χ1v) is 14.5. The van der Waals surface area contributed by atoms with Crippen LogP contribution in [0, 0.1) is 5.41 Å². The molecule has 3 aliphatic heterocycles. The SMILES string of the molecule is C=C(c1ccncc1/C=C/C=O)N1CCC2(CCN(Cc3cccc4c3CC(C)(C)O4)CC2)CC1.CC.CN. The molecule has 6 nitrogen and oxygen atoms in total. The van der Waals surface area contributed by atoms with E-state index in [2.05, 4.69) is 59.1 Å². The van der Waals surface area contributed by atoms with Crippen LogP contribution in [0.3, 0.4) is 0 Å². The molecule has 4 heterocycles. The fourth-order valence-corrected chi connectivity index (χ4v) is 6.11. The largest absolute Gasteiger partial charge is 0.487 e. The summed E-state index contributed by atoms with van der Waals surface area (Å²) in [5, 5.41) is 0. The lowest BCUT2D eigenvalue weighted by Crippen LogP contribution is -2.46. The Labute approximate surface area is 235 Å².